The van der Waals surface area contributed by atoms with Gasteiger partial charge in [-0.25, -0.2) is 9.59 Å². The Balaban J connectivity index is 0.000000425. The third-order valence-corrected chi connectivity index (χ3v) is 5.32. The number of benzene rings is 1. The van der Waals surface area contributed by atoms with E-state index in [-0.39, 0.29) is 37.6 Å². The molecule has 220 valence electrons. The molecular weight excluding hydrogens is 533 g/mol. The van der Waals surface area contributed by atoms with Crippen LogP contribution in [0.5, 0.6) is 0 Å². The molecule has 2 heterocycles. The molecule has 0 amide bonds. The number of rotatable bonds is 12. The van der Waals surface area contributed by atoms with E-state index in [0.29, 0.717) is 29.2 Å². The molecule has 13 heteroatoms. The topological polar surface area (TPSA) is 141 Å². The smallest absolute Gasteiger partial charge is 0.416 e. The molecule has 0 bridgehead atoms. The Morgan fingerprint density at radius 1 is 0.875 bits per heavy atom. The van der Waals surface area contributed by atoms with Gasteiger partial charge in [0.1, 0.15) is 11.4 Å². The molecular formula is C27H35F3N4O6. The Bertz CT molecular complexity index is 1220. The van der Waals surface area contributed by atoms with Crippen LogP contribution in [-0.2, 0) is 31.7 Å². The summed E-state index contributed by atoms with van der Waals surface area (Å²) in [5.41, 5.74) is 6.97. The van der Waals surface area contributed by atoms with Crippen LogP contribution in [0.25, 0.3) is 0 Å². The average molecular weight is 569 g/mol. The Hall–Kier alpha value is -3.97. The summed E-state index contributed by atoms with van der Waals surface area (Å²) in [6.07, 6.45) is -2.24. The molecule has 0 saturated heterocycles. The van der Waals surface area contributed by atoms with Gasteiger partial charge in [0.2, 0.25) is 0 Å². The van der Waals surface area contributed by atoms with Gasteiger partial charge in [-0.3, -0.25) is 0 Å². The fraction of sp³-hybridized carbons (Fsp3) is 0.407. The van der Waals surface area contributed by atoms with Crippen molar-refractivity contribution in [2.75, 3.05) is 37.5 Å². The maximum atomic E-state index is 13.2. The summed E-state index contributed by atoms with van der Waals surface area (Å²) >= 11 is 0. The number of nitrogen functional groups attached to an aromatic ring is 1. The van der Waals surface area contributed by atoms with Crippen molar-refractivity contribution in [1.82, 2.24) is 9.97 Å². The molecule has 10 nitrogen and oxygen atoms in total. The molecule has 0 aliphatic carbocycles. The number of hydrogen-bond acceptors (Lipinski definition) is 8. The summed E-state index contributed by atoms with van der Waals surface area (Å²) in [6.45, 7) is 8.22. The average Bonchev–Trinajstić information content (AvgIpc) is 3.56. The molecule has 0 unspecified atom stereocenters. The third-order valence-electron chi connectivity index (χ3n) is 5.32. The van der Waals surface area contributed by atoms with Crippen molar-refractivity contribution in [1.29, 1.82) is 0 Å². The Morgan fingerprint density at radius 3 is 1.98 bits per heavy atom. The highest BCUT2D eigenvalue weighted by Crippen LogP contribution is 2.34. The van der Waals surface area contributed by atoms with Crippen molar-refractivity contribution in [3.8, 4) is 0 Å². The lowest BCUT2D eigenvalue weighted by Crippen LogP contribution is -2.16. The van der Waals surface area contributed by atoms with Crippen LogP contribution in [-0.4, -0.2) is 48.3 Å². The van der Waals surface area contributed by atoms with E-state index in [0.717, 1.165) is 12.1 Å². The number of aromatic amines is 2. The summed E-state index contributed by atoms with van der Waals surface area (Å²) in [5, 5.41) is 3.06. The number of esters is 2. The fourth-order valence-electron chi connectivity index (χ4n) is 3.52. The van der Waals surface area contributed by atoms with Gasteiger partial charge in [0, 0.05) is 37.7 Å². The number of H-pyrrole nitrogens is 2. The van der Waals surface area contributed by atoms with Crippen molar-refractivity contribution in [3.63, 3.8) is 0 Å². The second-order valence-corrected chi connectivity index (χ2v) is 8.02. The lowest BCUT2D eigenvalue weighted by molar-refractivity contribution is -0.144. The number of carbonyl (C=O) groups is 2. The van der Waals surface area contributed by atoms with Gasteiger partial charge in [-0.1, -0.05) is 6.07 Å². The van der Waals surface area contributed by atoms with Crippen molar-refractivity contribution in [2.45, 2.75) is 46.7 Å². The van der Waals surface area contributed by atoms with E-state index in [4.69, 9.17) is 24.7 Å². The van der Waals surface area contributed by atoms with Crippen LogP contribution in [0.2, 0.25) is 0 Å². The van der Waals surface area contributed by atoms with E-state index >= 15 is 0 Å². The molecule has 40 heavy (non-hydrogen) atoms. The van der Waals surface area contributed by atoms with Gasteiger partial charge < -0.3 is 40.0 Å². The van der Waals surface area contributed by atoms with E-state index in [2.05, 4.69) is 15.3 Å². The Labute approximate surface area is 230 Å². The number of nitrogens with two attached hydrogens (primary N) is 1. The lowest BCUT2D eigenvalue weighted by Gasteiger charge is -2.22. The van der Waals surface area contributed by atoms with Gasteiger partial charge in [0.05, 0.1) is 30.2 Å². The van der Waals surface area contributed by atoms with E-state index in [1.54, 1.807) is 52.2 Å². The number of alkyl halides is 3. The van der Waals surface area contributed by atoms with Gasteiger partial charge in [-0.2, -0.15) is 13.2 Å². The molecule has 3 rings (SSSR count). The van der Waals surface area contributed by atoms with E-state index in [1.807, 2.05) is 0 Å². The zero-order valence-corrected chi connectivity index (χ0v) is 22.8. The van der Waals surface area contributed by atoms with E-state index in [1.165, 1.54) is 6.07 Å². The van der Waals surface area contributed by atoms with Crippen molar-refractivity contribution in [2.24, 2.45) is 0 Å². The van der Waals surface area contributed by atoms with Crippen LogP contribution < -0.4 is 11.1 Å². The predicted molar refractivity (Wildman–Crippen MR) is 143 cm³/mol. The monoisotopic (exact) mass is 568 g/mol. The zero-order valence-electron chi connectivity index (χ0n) is 22.8. The highest BCUT2D eigenvalue weighted by atomic mass is 19.4. The van der Waals surface area contributed by atoms with Crippen LogP contribution in [0.15, 0.2) is 42.7 Å². The minimum Gasteiger partial charge on any atom is -0.461 e. The maximum absolute atomic E-state index is 13.2. The molecule has 1 aromatic carbocycles. The lowest BCUT2D eigenvalue weighted by atomic mass is 10.0. The first-order valence-electron chi connectivity index (χ1n) is 12.7. The summed E-state index contributed by atoms with van der Waals surface area (Å²) in [5.74, 6) is -0.927. The van der Waals surface area contributed by atoms with E-state index in [9.17, 15) is 22.8 Å². The summed E-state index contributed by atoms with van der Waals surface area (Å²) in [4.78, 5) is 28.5. The number of hydrogen-bond donors (Lipinski definition) is 4. The Kier molecular flexibility index (Phi) is 12.6. The van der Waals surface area contributed by atoms with Gasteiger partial charge in [0.15, 0.2) is 6.29 Å². The summed E-state index contributed by atoms with van der Waals surface area (Å²) in [6, 6.07) is 6.70. The molecule has 0 aliphatic heterocycles. The van der Waals surface area contributed by atoms with Gasteiger partial charge in [-0.05, 0) is 57.5 Å². The predicted octanol–water partition coefficient (Wildman–Crippen LogP) is 5.67. The summed E-state index contributed by atoms with van der Waals surface area (Å²) in [7, 11) is 0. The standard InChI is InChI=1S/C20H25F3N2O4.C7H10N2O2/c1-4-27-18(26)17-16(9-10-24-17)25-12-13-7-8-14(20(21,22)23)11-15(13)19(28-5-2)29-6-3;1-2-11-7(10)6-5(8)3-4-9-6/h7-11,19,24-25H,4-6,12H2,1-3H3;3-4,9H,2,8H2,1H3. The van der Waals surface area contributed by atoms with Crippen LogP contribution in [0.4, 0.5) is 24.5 Å². The summed E-state index contributed by atoms with van der Waals surface area (Å²) < 4.78 is 60.3. The first kappa shape index (κ1) is 32.2. The number of ether oxygens (including phenoxy) is 4. The molecule has 0 aliphatic rings. The highest BCUT2D eigenvalue weighted by Gasteiger charge is 2.32. The number of carbonyl (C=O) groups excluding carboxylic acids is 2. The molecule has 0 saturated carbocycles. The van der Waals surface area contributed by atoms with Crippen molar-refractivity contribution in [3.05, 3.63) is 70.8 Å². The zero-order chi connectivity index (χ0) is 29.7. The van der Waals surface area contributed by atoms with Crippen LogP contribution >= 0.6 is 0 Å². The third kappa shape index (κ3) is 9.06. The minimum absolute atomic E-state index is 0.161. The number of aromatic nitrogens is 2. The second kappa shape index (κ2) is 15.6. The molecule has 0 atom stereocenters. The van der Waals surface area contributed by atoms with Crippen LogP contribution in [0.1, 0.15) is 71.7 Å². The Morgan fingerprint density at radius 2 is 1.45 bits per heavy atom. The van der Waals surface area contributed by atoms with Crippen LogP contribution in [0.3, 0.4) is 0 Å². The SMILES string of the molecule is CCOC(=O)c1[nH]ccc1N.CCOC(=O)c1[nH]ccc1NCc1ccc(C(F)(F)F)cc1C(OCC)OCC. The van der Waals surface area contributed by atoms with Crippen molar-refractivity contribution < 1.29 is 41.7 Å². The maximum Gasteiger partial charge on any atom is 0.416 e. The first-order chi connectivity index (χ1) is 19.1. The quantitative estimate of drug-likeness (QED) is 0.162. The largest absolute Gasteiger partial charge is 0.461 e. The number of anilines is 2. The number of nitrogens with one attached hydrogen (secondary N) is 3. The van der Waals surface area contributed by atoms with Gasteiger partial charge in [-0.15, -0.1) is 0 Å². The molecule has 0 radical (unpaired) electrons. The van der Waals surface area contributed by atoms with Crippen LogP contribution in [0, 0.1) is 0 Å². The number of halogens is 3. The minimum atomic E-state index is -4.48. The first-order valence-corrected chi connectivity index (χ1v) is 12.7. The van der Waals surface area contributed by atoms with E-state index < -0.39 is 30.0 Å². The molecule has 2 aromatic heterocycles. The highest BCUT2D eigenvalue weighted by molar-refractivity contribution is 5.94. The molecule has 5 N–H and O–H groups in total. The molecule has 3 aromatic rings. The second-order valence-electron chi connectivity index (χ2n) is 8.02. The normalized spacial score (nSPS) is 11.1. The fourth-order valence-corrected chi connectivity index (χ4v) is 3.52. The molecule has 0 fully saturated rings. The van der Waals surface area contributed by atoms with Gasteiger partial charge in [0.25, 0.3) is 0 Å². The van der Waals surface area contributed by atoms with Crippen molar-refractivity contribution >= 4 is 23.3 Å². The van der Waals surface area contributed by atoms with Gasteiger partial charge >= 0.3 is 18.1 Å². The molecule has 0 spiro atoms.